The summed E-state index contributed by atoms with van der Waals surface area (Å²) in [6.07, 6.45) is -2.17. The molecule has 0 fully saturated rings. The molecule has 0 aliphatic heterocycles. The van der Waals surface area contributed by atoms with Crippen LogP contribution in [0.15, 0.2) is 12.3 Å². The molecule has 0 unspecified atom stereocenters. The topological polar surface area (TPSA) is 33.2 Å². The van der Waals surface area contributed by atoms with Crippen molar-refractivity contribution in [1.82, 2.24) is 9.88 Å². The van der Waals surface area contributed by atoms with Crippen LogP contribution in [0, 0.1) is 0 Å². The molecule has 1 aromatic heterocycles. The molecular formula is C12H13Cl2F3N2O. The molecule has 0 aromatic carbocycles. The van der Waals surface area contributed by atoms with E-state index in [1.807, 2.05) is 6.92 Å². The zero-order valence-corrected chi connectivity index (χ0v) is 12.2. The molecule has 0 spiro atoms. The number of carbonyl (C=O) groups excluding carboxylic acids is 1. The van der Waals surface area contributed by atoms with Crippen molar-refractivity contribution in [1.29, 1.82) is 0 Å². The SMILES string of the molecule is CCCCN(CC(F)(F)F)C(=O)c1cnc(Cl)c(Cl)c1. The Morgan fingerprint density at radius 1 is 1.40 bits per heavy atom. The van der Waals surface area contributed by atoms with Crippen LogP contribution >= 0.6 is 23.2 Å². The molecule has 0 radical (unpaired) electrons. The van der Waals surface area contributed by atoms with E-state index in [9.17, 15) is 18.0 Å². The van der Waals surface area contributed by atoms with Crippen LogP contribution in [0.2, 0.25) is 10.2 Å². The van der Waals surface area contributed by atoms with Crippen LogP contribution in [0.3, 0.4) is 0 Å². The Labute approximate surface area is 124 Å². The van der Waals surface area contributed by atoms with Crippen LogP contribution < -0.4 is 0 Å². The Morgan fingerprint density at radius 3 is 2.55 bits per heavy atom. The van der Waals surface area contributed by atoms with Gasteiger partial charge < -0.3 is 4.90 Å². The van der Waals surface area contributed by atoms with Crippen molar-refractivity contribution in [3.63, 3.8) is 0 Å². The summed E-state index contributed by atoms with van der Waals surface area (Å²) in [5.74, 6) is -0.762. The van der Waals surface area contributed by atoms with Gasteiger partial charge in [0.1, 0.15) is 11.7 Å². The highest BCUT2D eigenvalue weighted by Gasteiger charge is 2.33. The van der Waals surface area contributed by atoms with Crippen molar-refractivity contribution in [2.45, 2.75) is 25.9 Å². The Hall–Kier alpha value is -1.01. The Morgan fingerprint density at radius 2 is 2.05 bits per heavy atom. The Bertz CT molecular complexity index is 480. The summed E-state index contributed by atoms with van der Waals surface area (Å²) < 4.78 is 37.5. The van der Waals surface area contributed by atoms with Crippen molar-refractivity contribution in [3.05, 3.63) is 28.0 Å². The first-order chi connectivity index (χ1) is 9.24. The van der Waals surface area contributed by atoms with Crippen LogP contribution in [0.5, 0.6) is 0 Å². The van der Waals surface area contributed by atoms with E-state index in [1.165, 1.54) is 6.07 Å². The van der Waals surface area contributed by atoms with E-state index in [0.29, 0.717) is 12.8 Å². The average molecular weight is 329 g/mol. The molecule has 1 amide bonds. The monoisotopic (exact) mass is 328 g/mol. The number of unbranched alkanes of at least 4 members (excludes halogenated alkanes) is 1. The zero-order valence-electron chi connectivity index (χ0n) is 10.7. The summed E-state index contributed by atoms with van der Waals surface area (Å²) in [6.45, 7) is 0.554. The van der Waals surface area contributed by atoms with Crippen LogP contribution in [-0.4, -0.2) is 35.1 Å². The van der Waals surface area contributed by atoms with Gasteiger partial charge in [-0.25, -0.2) is 4.98 Å². The van der Waals surface area contributed by atoms with E-state index in [0.717, 1.165) is 11.1 Å². The first kappa shape index (κ1) is 17.0. The molecule has 0 bridgehead atoms. The quantitative estimate of drug-likeness (QED) is 0.759. The number of amides is 1. The van der Waals surface area contributed by atoms with Crippen molar-refractivity contribution in [2.24, 2.45) is 0 Å². The second-order valence-corrected chi connectivity index (χ2v) is 4.96. The molecular weight excluding hydrogens is 316 g/mol. The van der Waals surface area contributed by atoms with Crippen LogP contribution in [0.1, 0.15) is 30.1 Å². The molecule has 0 saturated heterocycles. The summed E-state index contributed by atoms with van der Waals surface area (Å²) in [7, 11) is 0. The van der Waals surface area contributed by atoms with Gasteiger partial charge >= 0.3 is 6.18 Å². The van der Waals surface area contributed by atoms with Crippen molar-refractivity contribution < 1.29 is 18.0 Å². The summed E-state index contributed by atoms with van der Waals surface area (Å²) in [5.41, 5.74) is -0.0141. The van der Waals surface area contributed by atoms with Gasteiger partial charge in [0, 0.05) is 12.7 Å². The maximum absolute atomic E-state index is 12.5. The van der Waals surface area contributed by atoms with Crippen LogP contribution in [0.25, 0.3) is 0 Å². The van der Waals surface area contributed by atoms with Gasteiger partial charge in [0.05, 0.1) is 10.6 Å². The maximum Gasteiger partial charge on any atom is 0.406 e. The van der Waals surface area contributed by atoms with Crippen molar-refractivity contribution in [3.8, 4) is 0 Å². The number of pyridine rings is 1. The van der Waals surface area contributed by atoms with Crippen molar-refractivity contribution >= 4 is 29.1 Å². The average Bonchev–Trinajstić information content (AvgIpc) is 2.35. The first-order valence-electron chi connectivity index (χ1n) is 5.91. The second-order valence-electron chi connectivity index (χ2n) is 4.19. The lowest BCUT2D eigenvalue weighted by atomic mass is 10.2. The fourth-order valence-electron chi connectivity index (χ4n) is 1.54. The fourth-order valence-corrected chi connectivity index (χ4v) is 1.81. The molecule has 1 heterocycles. The van der Waals surface area contributed by atoms with Gasteiger partial charge in [0.2, 0.25) is 0 Å². The number of halogens is 5. The van der Waals surface area contributed by atoms with E-state index < -0.39 is 18.6 Å². The van der Waals surface area contributed by atoms with E-state index >= 15 is 0 Å². The van der Waals surface area contributed by atoms with Gasteiger partial charge in [0.25, 0.3) is 5.91 Å². The predicted molar refractivity (Wildman–Crippen MR) is 71.1 cm³/mol. The lowest BCUT2D eigenvalue weighted by Crippen LogP contribution is -2.39. The molecule has 0 N–H and O–H groups in total. The highest BCUT2D eigenvalue weighted by molar-refractivity contribution is 6.41. The van der Waals surface area contributed by atoms with Gasteiger partial charge in [-0.15, -0.1) is 0 Å². The summed E-state index contributed by atoms with van der Waals surface area (Å²) in [5, 5.41) is 0.0270. The number of aromatic nitrogens is 1. The molecule has 8 heteroatoms. The Kier molecular flexibility index (Phi) is 6.07. The van der Waals surface area contributed by atoms with E-state index in [2.05, 4.69) is 4.98 Å². The Balaban J connectivity index is 2.93. The third-order valence-electron chi connectivity index (χ3n) is 2.48. The van der Waals surface area contributed by atoms with Crippen molar-refractivity contribution in [2.75, 3.05) is 13.1 Å². The molecule has 0 aliphatic rings. The normalized spacial score (nSPS) is 11.5. The minimum absolute atomic E-state index is 0.000791. The third kappa shape index (κ3) is 5.17. The maximum atomic E-state index is 12.5. The van der Waals surface area contributed by atoms with E-state index in [-0.39, 0.29) is 22.3 Å². The second kappa shape index (κ2) is 7.13. The number of hydrogen-bond acceptors (Lipinski definition) is 2. The minimum atomic E-state index is -4.45. The number of nitrogens with zero attached hydrogens (tertiary/aromatic N) is 2. The van der Waals surface area contributed by atoms with E-state index in [4.69, 9.17) is 23.2 Å². The van der Waals surface area contributed by atoms with Gasteiger partial charge in [-0.05, 0) is 12.5 Å². The molecule has 0 saturated carbocycles. The lowest BCUT2D eigenvalue weighted by Gasteiger charge is -2.23. The molecule has 0 aliphatic carbocycles. The number of carbonyl (C=O) groups is 1. The largest absolute Gasteiger partial charge is 0.406 e. The van der Waals surface area contributed by atoms with Gasteiger partial charge in [-0.3, -0.25) is 4.79 Å². The van der Waals surface area contributed by atoms with Crippen LogP contribution in [0.4, 0.5) is 13.2 Å². The van der Waals surface area contributed by atoms with Gasteiger partial charge in [0.15, 0.2) is 0 Å². The van der Waals surface area contributed by atoms with Gasteiger partial charge in [-0.1, -0.05) is 36.5 Å². The molecule has 3 nitrogen and oxygen atoms in total. The number of hydrogen-bond donors (Lipinski definition) is 0. The summed E-state index contributed by atoms with van der Waals surface area (Å²) in [4.78, 5) is 16.5. The third-order valence-corrected chi connectivity index (χ3v) is 3.17. The molecule has 1 aromatic rings. The first-order valence-corrected chi connectivity index (χ1v) is 6.67. The van der Waals surface area contributed by atoms with E-state index in [1.54, 1.807) is 0 Å². The molecule has 112 valence electrons. The molecule has 1 rings (SSSR count). The number of alkyl halides is 3. The zero-order chi connectivity index (χ0) is 15.3. The summed E-state index contributed by atoms with van der Waals surface area (Å²) in [6, 6.07) is 1.22. The lowest BCUT2D eigenvalue weighted by molar-refractivity contribution is -0.140. The molecule has 0 atom stereocenters. The van der Waals surface area contributed by atoms with Crippen LogP contribution in [-0.2, 0) is 0 Å². The highest BCUT2D eigenvalue weighted by Crippen LogP contribution is 2.22. The van der Waals surface area contributed by atoms with Gasteiger partial charge in [-0.2, -0.15) is 13.2 Å². The highest BCUT2D eigenvalue weighted by atomic mass is 35.5. The smallest absolute Gasteiger partial charge is 0.329 e. The standard InChI is InChI=1S/C12H13Cl2F3N2O/c1-2-3-4-19(7-12(15,16)17)11(20)8-5-9(13)10(14)18-6-8/h5-6H,2-4,7H2,1H3. The minimum Gasteiger partial charge on any atom is -0.329 e. The predicted octanol–water partition coefficient (Wildman–Crippen LogP) is 4.19. The molecule has 20 heavy (non-hydrogen) atoms. The number of rotatable bonds is 5. The fraction of sp³-hybridized carbons (Fsp3) is 0.500. The summed E-state index contributed by atoms with van der Waals surface area (Å²) >= 11 is 11.3.